The first-order valence-electron chi connectivity index (χ1n) is 4.90. The molecule has 0 rings (SSSR count). The van der Waals surface area contributed by atoms with Gasteiger partial charge in [-0.05, 0) is 13.8 Å². The van der Waals surface area contributed by atoms with Gasteiger partial charge in [-0.15, -0.1) is 0 Å². The lowest BCUT2D eigenvalue weighted by Gasteiger charge is -2.22. The molecule has 0 aromatic heterocycles. The molecule has 0 radical (unpaired) electrons. The van der Waals surface area contributed by atoms with Crippen LogP contribution in [-0.2, 0) is 19.0 Å². The molecule has 5 heteroatoms. The Morgan fingerprint density at radius 2 is 1.93 bits per heavy atom. The Morgan fingerprint density at radius 1 is 1.27 bits per heavy atom. The Balaban J connectivity index is 3.49. The number of ether oxygens (including phenoxy) is 3. The molecule has 0 bridgehead atoms. The summed E-state index contributed by atoms with van der Waals surface area (Å²) in [5, 5.41) is 2.72. The molecule has 0 aliphatic rings. The zero-order valence-electron chi connectivity index (χ0n) is 9.96. The van der Waals surface area contributed by atoms with Gasteiger partial charge in [0.05, 0.1) is 18.8 Å². The van der Waals surface area contributed by atoms with Crippen LogP contribution in [-0.4, -0.2) is 52.1 Å². The van der Waals surface area contributed by atoms with Crippen molar-refractivity contribution in [2.45, 2.75) is 19.4 Å². The summed E-state index contributed by atoms with van der Waals surface area (Å²) in [4.78, 5) is 11.2. The molecule has 0 heterocycles. The van der Waals surface area contributed by atoms with Crippen LogP contribution in [0.5, 0.6) is 0 Å². The number of nitrogens with one attached hydrogen (secondary N) is 1. The fourth-order valence-electron chi connectivity index (χ4n) is 0.742. The minimum Gasteiger partial charge on any atom is -0.382 e. The molecule has 0 saturated carbocycles. The van der Waals surface area contributed by atoms with Crippen molar-refractivity contribution in [2.24, 2.45) is 0 Å². The normalized spacial score (nSPS) is 11.5. The van der Waals surface area contributed by atoms with Crippen LogP contribution in [0.1, 0.15) is 13.8 Å². The highest BCUT2D eigenvalue weighted by Crippen LogP contribution is 2.04. The molecule has 0 saturated heterocycles. The number of carbonyl (C=O) groups is 1. The lowest BCUT2D eigenvalue weighted by Crippen LogP contribution is -2.41. The highest BCUT2D eigenvalue weighted by molar-refractivity contribution is 5.77. The average molecular weight is 219 g/mol. The van der Waals surface area contributed by atoms with Gasteiger partial charge in [-0.3, -0.25) is 4.79 Å². The monoisotopic (exact) mass is 219 g/mol. The van der Waals surface area contributed by atoms with Crippen molar-refractivity contribution in [1.82, 2.24) is 5.32 Å². The lowest BCUT2D eigenvalue weighted by molar-refractivity contribution is -0.127. The van der Waals surface area contributed by atoms with Crippen molar-refractivity contribution >= 4 is 5.91 Å². The van der Waals surface area contributed by atoms with Gasteiger partial charge in [-0.1, -0.05) is 0 Å². The summed E-state index contributed by atoms with van der Waals surface area (Å²) < 4.78 is 15.0. The molecule has 1 amide bonds. The third-order valence-electron chi connectivity index (χ3n) is 1.93. The van der Waals surface area contributed by atoms with E-state index in [1.807, 2.05) is 13.8 Å². The van der Waals surface area contributed by atoms with Gasteiger partial charge in [-0.25, -0.2) is 0 Å². The lowest BCUT2D eigenvalue weighted by atomic mass is 10.1. The van der Waals surface area contributed by atoms with E-state index in [2.05, 4.69) is 5.32 Å². The molecular formula is C10H21NO4. The number of rotatable bonds is 8. The van der Waals surface area contributed by atoms with Crippen LogP contribution in [0.2, 0.25) is 0 Å². The summed E-state index contributed by atoms with van der Waals surface area (Å²) in [5.74, 6) is -0.142. The van der Waals surface area contributed by atoms with Crippen LogP contribution in [0.15, 0.2) is 0 Å². The van der Waals surface area contributed by atoms with E-state index in [0.29, 0.717) is 19.8 Å². The van der Waals surface area contributed by atoms with Crippen LogP contribution >= 0.6 is 0 Å². The molecule has 0 aromatic rings. The molecule has 0 unspecified atom stereocenters. The second-order valence-corrected chi connectivity index (χ2v) is 3.79. The predicted octanol–water partition coefficient (Wildman–Crippen LogP) is 0.191. The molecule has 90 valence electrons. The van der Waals surface area contributed by atoms with Gasteiger partial charge in [0.2, 0.25) is 5.91 Å². The Morgan fingerprint density at radius 3 is 2.47 bits per heavy atom. The Kier molecular flexibility index (Phi) is 7.29. The van der Waals surface area contributed by atoms with E-state index >= 15 is 0 Å². The Bertz CT molecular complexity index is 182. The maximum Gasteiger partial charge on any atom is 0.246 e. The highest BCUT2D eigenvalue weighted by atomic mass is 16.5. The standard InChI is InChI=1S/C10H21NO4/c1-10(2,14-4)8-11-9(12)7-15-6-5-13-3/h5-8H2,1-4H3,(H,11,12). The first kappa shape index (κ1) is 14.3. The number of hydrogen-bond donors (Lipinski definition) is 1. The van der Waals surface area contributed by atoms with Gasteiger partial charge in [0.25, 0.3) is 0 Å². The molecule has 5 nitrogen and oxygen atoms in total. The van der Waals surface area contributed by atoms with Gasteiger partial charge < -0.3 is 19.5 Å². The van der Waals surface area contributed by atoms with Crippen LogP contribution in [0.4, 0.5) is 0 Å². The maximum atomic E-state index is 11.2. The van der Waals surface area contributed by atoms with Gasteiger partial charge in [0, 0.05) is 20.8 Å². The SMILES string of the molecule is COCCOCC(=O)NCC(C)(C)OC. The fraction of sp³-hybridized carbons (Fsp3) is 0.900. The number of amides is 1. The summed E-state index contributed by atoms with van der Waals surface area (Å²) >= 11 is 0. The zero-order valence-corrected chi connectivity index (χ0v) is 9.96. The highest BCUT2D eigenvalue weighted by Gasteiger charge is 2.16. The number of carbonyl (C=O) groups excluding carboxylic acids is 1. The quantitative estimate of drug-likeness (QED) is 0.592. The van der Waals surface area contributed by atoms with Gasteiger partial charge in [0.1, 0.15) is 6.61 Å². The minimum absolute atomic E-state index is 0.0587. The fourth-order valence-corrected chi connectivity index (χ4v) is 0.742. The van der Waals surface area contributed by atoms with Crippen LogP contribution in [0.25, 0.3) is 0 Å². The van der Waals surface area contributed by atoms with E-state index in [0.717, 1.165) is 0 Å². The molecule has 0 aliphatic carbocycles. The summed E-state index contributed by atoms with van der Waals surface area (Å²) in [7, 11) is 3.20. The number of hydrogen-bond acceptors (Lipinski definition) is 4. The van der Waals surface area contributed by atoms with Crippen molar-refractivity contribution in [1.29, 1.82) is 0 Å². The third kappa shape index (κ3) is 8.35. The summed E-state index contributed by atoms with van der Waals surface area (Å²) in [5.41, 5.74) is -0.345. The molecule has 0 atom stereocenters. The van der Waals surface area contributed by atoms with Gasteiger partial charge >= 0.3 is 0 Å². The van der Waals surface area contributed by atoms with Crippen LogP contribution < -0.4 is 5.32 Å². The zero-order chi connectivity index (χ0) is 11.7. The molecule has 0 spiro atoms. The van der Waals surface area contributed by atoms with Crippen molar-refractivity contribution in [3.8, 4) is 0 Å². The first-order valence-corrected chi connectivity index (χ1v) is 4.90. The smallest absolute Gasteiger partial charge is 0.246 e. The van der Waals surface area contributed by atoms with Crippen LogP contribution in [0.3, 0.4) is 0 Å². The topological polar surface area (TPSA) is 56.8 Å². The summed E-state index contributed by atoms with van der Waals surface area (Å²) in [6.45, 7) is 5.26. The van der Waals surface area contributed by atoms with Crippen LogP contribution in [0, 0.1) is 0 Å². The molecule has 15 heavy (non-hydrogen) atoms. The van der Waals surface area contributed by atoms with E-state index < -0.39 is 0 Å². The first-order chi connectivity index (χ1) is 7.02. The van der Waals surface area contributed by atoms with Gasteiger partial charge in [-0.2, -0.15) is 0 Å². The van der Waals surface area contributed by atoms with E-state index in [1.54, 1.807) is 14.2 Å². The van der Waals surface area contributed by atoms with E-state index in [9.17, 15) is 4.79 Å². The van der Waals surface area contributed by atoms with Crippen molar-refractivity contribution in [3.05, 3.63) is 0 Å². The van der Waals surface area contributed by atoms with E-state index in [4.69, 9.17) is 14.2 Å². The maximum absolute atomic E-state index is 11.2. The molecule has 1 N–H and O–H groups in total. The molecule has 0 fully saturated rings. The Labute approximate surface area is 91.1 Å². The average Bonchev–Trinajstić information content (AvgIpc) is 2.22. The molecule has 0 aliphatic heterocycles. The molecule has 0 aromatic carbocycles. The summed E-state index contributed by atoms with van der Waals surface area (Å²) in [6, 6.07) is 0. The second kappa shape index (κ2) is 7.62. The predicted molar refractivity (Wildman–Crippen MR) is 56.8 cm³/mol. The van der Waals surface area contributed by atoms with Gasteiger partial charge in [0.15, 0.2) is 0 Å². The van der Waals surface area contributed by atoms with E-state index in [-0.39, 0.29) is 18.1 Å². The Hall–Kier alpha value is -0.650. The minimum atomic E-state index is -0.345. The third-order valence-corrected chi connectivity index (χ3v) is 1.93. The van der Waals surface area contributed by atoms with Crippen molar-refractivity contribution in [2.75, 3.05) is 40.6 Å². The van der Waals surface area contributed by atoms with Crippen molar-refractivity contribution < 1.29 is 19.0 Å². The second-order valence-electron chi connectivity index (χ2n) is 3.79. The van der Waals surface area contributed by atoms with E-state index in [1.165, 1.54) is 0 Å². The largest absolute Gasteiger partial charge is 0.382 e. The van der Waals surface area contributed by atoms with Crippen molar-refractivity contribution in [3.63, 3.8) is 0 Å². The number of methoxy groups -OCH3 is 2. The molecular weight excluding hydrogens is 198 g/mol. The summed E-state index contributed by atoms with van der Waals surface area (Å²) in [6.07, 6.45) is 0.